The summed E-state index contributed by atoms with van der Waals surface area (Å²) < 4.78 is 0. The first kappa shape index (κ1) is 9.77. The normalized spacial score (nSPS) is 28.6. The van der Waals surface area contributed by atoms with Crippen molar-refractivity contribution in [2.75, 3.05) is 13.1 Å². The number of likely N-dealkylation sites (tertiary alicyclic amines) is 1. The van der Waals surface area contributed by atoms with Crippen molar-refractivity contribution in [3.8, 4) is 0 Å². The van der Waals surface area contributed by atoms with Crippen LogP contribution in [0, 0.1) is 0 Å². The number of amides is 1. The van der Waals surface area contributed by atoms with Crippen LogP contribution in [-0.2, 0) is 0 Å². The molecule has 1 saturated carbocycles. The second-order valence-electron chi connectivity index (χ2n) is 4.36. The van der Waals surface area contributed by atoms with Gasteiger partial charge in [0.2, 0.25) is 0 Å². The van der Waals surface area contributed by atoms with Gasteiger partial charge in [-0.05, 0) is 19.3 Å². The van der Waals surface area contributed by atoms with Gasteiger partial charge < -0.3 is 15.3 Å². The molecule has 4 heteroatoms. The minimum Gasteiger partial charge on any atom is -0.465 e. The van der Waals surface area contributed by atoms with Crippen LogP contribution in [0.3, 0.4) is 0 Å². The summed E-state index contributed by atoms with van der Waals surface area (Å²) in [6.45, 7) is 1.37. The molecule has 0 spiro atoms. The molecular formula is C10H18N2O2. The van der Waals surface area contributed by atoms with E-state index < -0.39 is 6.09 Å². The SMILES string of the molecule is O=C(O)N1CCC(NC2CCCC2)C1. The lowest BCUT2D eigenvalue weighted by atomic mass is 10.2. The van der Waals surface area contributed by atoms with Crippen molar-refractivity contribution in [1.29, 1.82) is 0 Å². The number of rotatable bonds is 2. The third-order valence-corrected chi connectivity index (χ3v) is 3.29. The van der Waals surface area contributed by atoms with Gasteiger partial charge in [0.25, 0.3) is 0 Å². The van der Waals surface area contributed by atoms with Crippen LogP contribution in [0.1, 0.15) is 32.1 Å². The third-order valence-electron chi connectivity index (χ3n) is 3.29. The van der Waals surface area contributed by atoms with Gasteiger partial charge in [0.15, 0.2) is 0 Å². The summed E-state index contributed by atoms with van der Waals surface area (Å²) in [7, 11) is 0. The highest BCUT2D eigenvalue weighted by Crippen LogP contribution is 2.20. The zero-order valence-electron chi connectivity index (χ0n) is 8.41. The second-order valence-corrected chi connectivity index (χ2v) is 4.36. The van der Waals surface area contributed by atoms with Crippen LogP contribution in [-0.4, -0.2) is 41.3 Å². The number of carbonyl (C=O) groups is 1. The Morgan fingerprint density at radius 2 is 1.93 bits per heavy atom. The summed E-state index contributed by atoms with van der Waals surface area (Å²) in [5.41, 5.74) is 0. The minimum absolute atomic E-state index is 0.397. The van der Waals surface area contributed by atoms with E-state index in [-0.39, 0.29) is 0 Å². The second kappa shape index (κ2) is 4.17. The molecule has 1 aliphatic carbocycles. The Hall–Kier alpha value is -0.770. The molecule has 2 fully saturated rings. The largest absolute Gasteiger partial charge is 0.465 e. The highest BCUT2D eigenvalue weighted by molar-refractivity contribution is 5.65. The van der Waals surface area contributed by atoms with Crippen LogP contribution in [0.25, 0.3) is 0 Å². The molecule has 1 amide bonds. The summed E-state index contributed by atoms with van der Waals surface area (Å²) in [4.78, 5) is 12.2. The summed E-state index contributed by atoms with van der Waals surface area (Å²) in [6.07, 6.45) is 5.39. The average molecular weight is 198 g/mol. The molecule has 1 heterocycles. The van der Waals surface area contributed by atoms with Gasteiger partial charge in [0.1, 0.15) is 0 Å². The smallest absolute Gasteiger partial charge is 0.407 e. The molecule has 1 saturated heterocycles. The fraction of sp³-hybridized carbons (Fsp3) is 0.900. The number of nitrogens with one attached hydrogen (secondary N) is 1. The van der Waals surface area contributed by atoms with Gasteiger partial charge in [0.05, 0.1) is 0 Å². The molecule has 0 aromatic rings. The Balaban J connectivity index is 1.75. The fourth-order valence-electron chi connectivity index (χ4n) is 2.50. The topological polar surface area (TPSA) is 52.6 Å². The fourth-order valence-corrected chi connectivity index (χ4v) is 2.50. The van der Waals surface area contributed by atoms with Gasteiger partial charge >= 0.3 is 6.09 Å². The molecule has 14 heavy (non-hydrogen) atoms. The summed E-state index contributed by atoms with van der Waals surface area (Å²) in [5.74, 6) is 0. The van der Waals surface area contributed by atoms with Crippen LogP contribution in [0.5, 0.6) is 0 Å². The van der Waals surface area contributed by atoms with Crippen molar-refractivity contribution in [3.63, 3.8) is 0 Å². The van der Waals surface area contributed by atoms with Gasteiger partial charge in [-0.15, -0.1) is 0 Å². The Morgan fingerprint density at radius 3 is 2.50 bits per heavy atom. The van der Waals surface area contributed by atoms with Crippen molar-refractivity contribution in [2.24, 2.45) is 0 Å². The standard InChI is InChI=1S/C10H18N2O2/c13-10(14)12-6-5-9(7-12)11-8-3-1-2-4-8/h8-9,11H,1-7H2,(H,13,14). The molecule has 1 atom stereocenters. The quantitative estimate of drug-likeness (QED) is 0.702. The molecule has 1 unspecified atom stereocenters. The molecule has 1 aliphatic heterocycles. The van der Waals surface area contributed by atoms with E-state index in [4.69, 9.17) is 5.11 Å². The van der Waals surface area contributed by atoms with Crippen LogP contribution in [0.15, 0.2) is 0 Å². The highest BCUT2D eigenvalue weighted by Gasteiger charge is 2.28. The van der Waals surface area contributed by atoms with Crippen LogP contribution in [0.2, 0.25) is 0 Å². The average Bonchev–Trinajstić information content (AvgIpc) is 2.75. The molecule has 0 aromatic heterocycles. The zero-order chi connectivity index (χ0) is 9.97. The molecule has 80 valence electrons. The Morgan fingerprint density at radius 1 is 1.21 bits per heavy atom. The monoisotopic (exact) mass is 198 g/mol. The lowest BCUT2D eigenvalue weighted by Crippen LogP contribution is -2.39. The Kier molecular flexibility index (Phi) is 2.91. The molecule has 4 nitrogen and oxygen atoms in total. The van der Waals surface area contributed by atoms with E-state index in [0.717, 1.165) is 6.42 Å². The first-order chi connectivity index (χ1) is 6.75. The first-order valence-electron chi connectivity index (χ1n) is 5.49. The lowest BCUT2D eigenvalue weighted by molar-refractivity contribution is 0.154. The molecule has 0 aromatic carbocycles. The van der Waals surface area contributed by atoms with E-state index in [1.807, 2.05) is 0 Å². The number of hydrogen-bond donors (Lipinski definition) is 2. The minimum atomic E-state index is -0.777. The maximum absolute atomic E-state index is 10.7. The summed E-state index contributed by atoms with van der Waals surface area (Å²) in [5, 5.41) is 12.3. The first-order valence-corrected chi connectivity index (χ1v) is 5.49. The van der Waals surface area contributed by atoms with Gasteiger partial charge in [-0.25, -0.2) is 4.79 Å². The summed E-state index contributed by atoms with van der Waals surface area (Å²) >= 11 is 0. The van der Waals surface area contributed by atoms with Gasteiger partial charge in [0, 0.05) is 25.2 Å². The van der Waals surface area contributed by atoms with E-state index in [9.17, 15) is 4.79 Å². The maximum Gasteiger partial charge on any atom is 0.407 e. The van der Waals surface area contributed by atoms with Crippen molar-refractivity contribution in [1.82, 2.24) is 10.2 Å². The van der Waals surface area contributed by atoms with Crippen molar-refractivity contribution < 1.29 is 9.90 Å². The van der Waals surface area contributed by atoms with Crippen LogP contribution < -0.4 is 5.32 Å². The third kappa shape index (κ3) is 2.18. The predicted molar refractivity (Wildman–Crippen MR) is 53.4 cm³/mol. The summed E-state index contributed by atoms with van der Waals surface area (Å²) in [6, 6.07) is 1.04. The highest BCUT2D eigenvalue weighted by atomic mass is 16.4. The van der Waals surface area contributed by atoms with Crippen LogP contribution in [0.4, 0.5) is 4.79 Å². The maximum atomic E-state index is 10.7. The molecule has 2 rings (SSSR count). The van der Waals surface area contributed by atoms with E-state index in [2.05, 4.69) is 5.32 Å². The zero-order valence-corrected chi connectivity index (χ0v) is 8.41. The predicted octanol–water partition coefficient (Wildman–Crippen LogP) is 1.27. The molecule has 0 radical (unpaired) electrons. The molecular weight excluding hydrogens is 180 g/mol. The number of nitrogens with zero attached hydrogens (tertiary/aromatic N) is 1. The van der Waals surface area contributed by atoms with Crippen molar-refractivity contribution >= 4 is 6.09 Å². The van der Waals surface area contributed by atoms with E-state index in [1.165, 1.54) is 30.6 Å². The Labute approximate surface area is 84.3 Å². The van der Waals surface area contributed by atoms with E-state index in [0.29, 0.717) is 25.2 Å². The molecule has 2 N–H and O–H groups in total. The van der Waals surface area contributed by atoms with Gasteiger partial charge in [-0.3, -0.25) is 0 Å². The van der Waals surface area contributed by atoms with Gasteiger partial charge in [-0.2, -0.15) is 0 Å². The number of hydrogen-bond acceptors (Lipinski definition) is 2. The van der Waals surface area contributed by atoms with E-state index in [1.54, 1.807) is 0 Å². The van der Waals surface area contributed by atoms with Gasteiger partial charge in [-0.1, -0.05) is 12.8 Å². The van der Waals surface area contributed by atoms with E-state index >= 15 is 0 Å². The lowest BCUT2D eigenvalue weighted by Gasteiger charge is -2.18. The molecule has 0 bridgehead atoms. The Bertz CT molecular complexity index is 214. The van der Waals surface area contributed by atoms with Crippen molar-refractivity contribution in [3.05, 3.63) is 0 Å². The molecule has 2 aliphatic rings. The van der Waals surface area contributed by atoms with Crippen molar-refractivity contribution in [2.45, 2.75) is 44.2 Å². The number of carboxylic acid groups (broad SMARTS) is 1. The van der Waals surface area contributed by atoms with Crippen LogP contribution >= 0.6 is 0 Å².